The van der Waals surface area contributed by atoms with Gasteiger partial charge in [0.1, 0.15) is 6.04 Å². The molecule has 3 aromatic rings. The minimum absolute atomic E-state index is 0.0825. The Labute approximate surface area is 180 Å². The van der Waals surface area contributed by atoms with Crippen molar-refractivity contribution < 1.29 is 17.7 Å². The fraction of sp³-hybridized carbons (Fsp3) is 0.350. The summed E-state index contributed by atoms with van der Waals surface area (Å²) in [6.07, 6.45) is 1.42. The third-order valence-corrected chi connectivity index (χ3v) is 6.57. The van der Waals surface area contributed by atoms with Crippen LogP contribution in [0.2, 0.25) is 0 Å². The molecule has 8 nitrogen and oxygen atoms in total. The molecule has 1 amide bonds. The number of anilines is 1. The molecule has 0 saturated heterocycles. The Kier molecular flexibility index (Phi) is 6.57. The van der Waals surface area contributed by atoms with E-state index in [2.05, 4.69) is 10.1 Å². The molecule has 2 aromatic heterocycles. The van der Waals surface area contributed by atoms with Crippen molar-refractivity contribution in [3.8, 4) is 10.7 Å². The number of benzene rings is 1. The number of carbonyl (C=O) groups excluding carboxylic acids is 1. The van der Waals surface area contributed by atoms with Gasteiger partial charge in [-0.3, -0.25) is 9.10 Å². The quantitative estimate of drug-likeness (QED) is 0.524. The van der Waals surface area contributed by atoms with Crippen LogP contribution in [0.4, 0.5) is 5.69 Å². The van der Waals surface area contributed by atoms with Crippen LogP contribution < -0.4 is 4.31 Å². The number of hydrogen-bond acceptors (Lipinski definition) is 7. The van der Waals surface area contributed by atoms with Gasteiger partial charge >= 0.3 is 0 Å². The molecule has 160 valence electrons. The summed E-state index contributed by atoms with van der Waals surface area (Å²) in [6, 6.07) is 9.98. The molecule has 0 fully saturated rings. The average Bonchev–Trinajstić information content (AvgIpc) is 3.36. The summed E-state index contributed by atoms with van der Waals surface area (Å²) in [5, 5.41) is 5.86. The smallest absolute Gasteiger partial charge is 0.246 e. The topological polar surface area (TPSA) is 96.6 Å². The molecule has 0 radical (unpaired) electrons. The van der Waals surface area contributed by atoms with Crippen molar-refractivity contribution in [2.24, 2.45) is 0 Å². The molecule has 0 N–H and O–H groups in total. The van der Waals surface area contributed by atoms with Gasteiger partial charge in [-0.1, -0.05) is 30.3 Å². The number of aromatic nitrogens is 2. The van der Waals surface area contributed by atoms with E-state index < -0.39 is 16.1 Å². The molecule has 0 aliphatic rings. The second kappa shape index (κ2) is 8.97. The molecular formula is C20H24N4O4S2. The molecule has 0 aliphatic carbocycles. The maximum absolute atomic E-state index is 13.2. The fourth-order valence-electron chi connectivity index (χ4n) is 3.17. The molecule has 0 bridgehead atoms. The van der Waals surface area contributed by atoms with Crippen LogP contribution in [-0.2, 0) is 21.4 Å². The normalized spacial score (nSPS) is 12.5. The number of thiophene rings is 1. The number of carbonyl (C=O) groups is 1. The van der Waals surface area contributed by atoms with Crippen LogP contribution in [0.3, 0.4) is 0 Å². The van der Waals surface area contributed by atoms with Crippen LogP contribution in [0.25, 0.3) is 10.7 Å². The minimum Gasteiger partial charge on any atom is -0.337 e. The molecule has 1 aromatic carbocycles. The highest BCUT2D eigenvalue weighted by Gasteiger charge is 2.33. The summed E-state index contributed by atoms with van der Waals surface area (Å²) in [5.41, 5.74) is 1.37. The van der Waals surface area contributed by atoms with Gasteiger partial charge in [0.25, 0.3) is 0 Å². The number of likely N-dealkylation sites (N-methyl/N-ethyl adjacent to an activating group) is 1. The predicted octanol–water partition coefficient (Wildman–Crippen LogP) is 3.31. The van der Waals surface area contributed by atoms with E-state index in [9.17, 15) is 13.2 Å². The van der Waals surface area contributed by atoms with Gasteiger partial charge in [0.2, 0.25) is 27.6 Å². The van der Waals surface area contributed by atoms with Crippen LogP contribution in [-0.4, -0.2) is 48.7 Å². The van der Waals surface area contributed by atoms with E-state index in [0.717, 1.165) is 16.7 Å². The van der Waals surface area contributed by atoms with Crippen molar-refractivity contribution in [1.82, 2.24) is 15.0 Å². The molecule has 10 heteroatoms. The van der Waals surface area contributed by atoms with E-state index in [1.165, 1.54) is 20.5 Å². The standard InChI is InChI=1S/C20H24N4O4S2/c1-5-16(24(30(4,26)27)15-9-6-8-14(2)12-15)20(25)23(3)13-18-21-19(22-28-18)17-10-7-11-29-17/h6-12,16H,5,13H2,1-4H3/t16-/m1/s1. The lowest BCUT2D eigenvalue weighted by Crippen LogP contribution is -2.49. The van der Waals surface area contributed by atoms with Crippen molar-refractivity contribution in [2.75, 3.05) is 17.6 Å². The number of sulfonamides is 1. The SMILES string of the molecule is CC[C@H](C(=O)N(C)Cc1nc(-c2cccs2)no1)N(c1cccc(C)c1)S(C)(=O)=O. The molecule has 3 rings (SSSR count). The molecule has 0 saturated carbocycles. The van der Waals surface area contributed by atoms with Crippen molar-refractivity contribution in [3.05, 3.63) is 53.2 Å². The largest absolute Gasteiger partial charge is 0.337 e. The molecular weight excluding hydrogens is 424 g/mol. The molecule has 30 heavy (non-hydrogen) atoms. The molecule has 0 spiro atoms. The monoisotopic (exact) mass is 448 g/mol. The van der Waals surface area contributed by atoms with Crippen LogP contribution in [0, 0.1) is 6.92 Å². The van der Waals surface area contributed by atoms with Crippen LogP contribution in [0.1, 0.15) is 24.8 Å². The number of aryl methyl sites for hydroxylation is 1. The van der Waals surface area contributed by atoms with Crippen LogP contribution >= 0.6 is 11.3 Å². The first-order valence-corrected chi connectivity index (χ1v) is 12.1. The number of nitrogens with zero attached hydrogens (tertiary/aromatic N) is 4. The van der Waals surface area contributed by atoms with Crippen molar-refractivity contribution in [2.45, 2.75) is 32.9 Å². The Bertz CT molecular complexity index is 1110. The molecule has 0 aliphatic heterocycles. The second-order valence-corrected chi connectivity index (χ2v) is 9.81. The van der Waals surface area contributed by atoms with E-state index in [-0.39, 0.29) is 18.3 Å². The summed E-state index contributed by atoms with van der Waals surface area (Å²) in [7, 11) is -2.09. The Morgan fingerprint density at radius 3 is 2.63 bits per heavy atom. The lowest BCUT2D eigenvalue weighted by molar-refractivity contribution is -0.132. The first kappa shape index (κ1) is 22.0. The Morgan fingerprint density at radius 2 is 2.03 bits per heavy atom. The molecule has 1 atom stereocenters. The maximum Gasteiger partial charge on any atom is 0.246 e. The highest BCUT2D eigenvalue weighted by molar-refractivity contribution is 7.92. The van der Waals surface area contributed by atoms with E-state index in [4.69, 9.17) is 4.52 Å². The molecule has 0 unspecified atom stereocenters. The third-order valence-electron chi connectivity index (χ3n) is 4.53. The lowest BCUT2D eigenvalue weighted by Gasteiger charge is -2.32. The number of hydrogen-bond donors (Lipinski definition) is 0. The van der Waals surface area contributed by atoms with Crippen molar-refractivity contribution in [3.63, 3.8) is 0 Å². The van der Waals surface area contributed by atoms with Gasteiger partial charge in [0.15, 0.2) is 0 Å². The Balaban J connectivity index is 1.83. The van der Waals surface area contributed by atoms with Gasteiger partial charge in [-0.15, -0.1) is 11.3 Å². The Morgan fingerprint density at radius 1 is 1.27 bits per heavy atom. The average molecular weight is 449 g/mol. The van der Waals surface area contributed by atoms with E-state index in [1.54, 1.807) is 32.2 Å². The summed E-state index contributed by atoms with van der Waals surface area (Å²) in [5.74, 6) is 0.399. The van der Waals surface area contributed by atoms with Crippen molar-refractivity contribution >= 4 is 33.0 Å². The van der Waals surface area contributed by atoms with Gasteiger partial charge in [-0.25, -0.2) is 8.42 Å². The summed E-state index contributed by atoms with van der Waals surface area (Å²) >= 11 is 1.49. The Hall–Kier alpha value is -2.72. The van der Waals surface area contributed by atoms with E-state index >= 15 is 0 Å². The zero-order valence-corrected chi connectivity index (χ0v) is 18.9. The maximum atomic E-state index is 13.2. The summed E-state index contributed by atoms with van der Waals surface area (Å²) < 4.78 is 31.6. The van der Waals surface area contributed by atoms with Crippen LogP contribution in [0.5, 0.6) is 0 Å². The third kappa shape index (κ3) is 4.88. The minimum atomic E-state index is -3.69. The van der Waals surface area contributed by atoms with Crippen LogP contribution in [0.15, 0.2) is 46.3 Å². The van der Waals surface area contributed by atoms with Crippen molar-refractivity contribution in [1.29, 1.82) is 0 Å². The molecule has 2 heterocycles. The summed E-state index contributed by atoms with van der Waals surface area (Å²) in [6.45, 7) is 3.74. The van der Waals surface area contributed by atoms with Gasteiger partial charge < -0.3 is 9.42 Å². The van der Waals surface area contributed by atoms with E-state index in [0.29, 0.717) is 17.9 Å². The predicted molar refractivity (Wildman–Crippen MR) is 117 cm³/mol. The zero-order chi connectivity index (χ0) is 21.9. The number of rotatable bonds is 8. The summed E-state index contributed by atoms with van der Waals surface area (Å²) in [4.78, 5) is 19.8. The lowest BCUT2D eigenvalue weighted by atomic mass is 10.1. The van der Waals surface area contributed by atoms with Gasteiger partial charge in [-0.05, 0) is 42.5 Å². The first-order chi connectivity index (χ1) is 14.2. The second-order valence-electron chi connectivity index (χ2n) is 7.01. The first-order valence-electron chi connectivity index (χ1n) is 9.38. The number of amides is 1. The van der Waals surface area contributed by atoms with Gasteiger partial charge in [0.05, 0.1) is 23.4 Å². The highest BCUT2D eigenvalue weighted by atomic mass is 32.2. The van der Waals surface area contributed by atoms with Gasteiger partial charge in [-0.2, -0.15) is 4.98 Å². The zero-order valence-electron chi connectivity index (χ0n) is 17.3. The highest BCUT2D eigenvalue weighted by Crippen LogP contribution is 2.25. The van der Waals surface area contributed by atoms with Gasteiger partial charge in [0, 0.05) is 7.05 Å². The fourth-order valence-corrected chi connectivity index (χ4v) is 5.02. The van der Waals surface area contributed by atoms with E-state index in [1.807, 2.05) is 30.5 Å².